The highest BCUT2D eigenvalue weighted by molar-refractivity contribution is 5.76. The summed E-state index contributed by atoms with van der Waals surface area (Å²) in [5.74, 6) is -0.0610. The molecule has 0 radical (unpaired) electrons. The molecule has 0 heterocycles. The van der Waals surface area contributed by atoms with Crippen LogP contribution in [0.1, 0.15) is 393 Å². The van der Waals surface area contributed by atoms with Gasteiger partial charge < -0.3 is 20.3 Å². The molecule has 6 heteroatoms. The van der Waals surface area contributed by atoms with E-state index in [2.05, 4.69) is 67.8 Å². The molecular formula is C77H143NO5. The van der Waals surface area contributed by atoms with Gasteiger partial charge in [-0.1, -0.05) is 344 Å². The Labute approximate surface area is 518 Å². The van der Waals surface area contributed by atoms with E-state index < -0.39 is 12.1 Å². The summed E-state index contributed by atoms with van der Waals surface area (Å²) in [5.41, 5.74) is 0. The zero-order valence-electron chi connectivity index (χ0n) is 55.7. The number of amides is 1. The van der Waals surface area contributed by atoms with Crippen molar-refractivity contribution in [2.75, 3.05) is 13.2 Å². The highest BCUT2D eigenvalue weighted by Crippen LogP contribution is 2.18. The van der Waals surface area contributed by atoms with Crippen molar-refractivity contribution in [3.05, 3.63) is 60.8 Å². The summed E-state index contributed by atoms with van der Waals surface area (Å²) in [5, 5.41) is 23.2. The molecule has 2 atom stereocenters. The maximum atomic E-state index is 12.5. The number of carbonyl (C=O) groups excluding carboxylic acids is 2. The van der Waals surface area contributed by atoms with Crippen molar-refractivity contribution >= 4 is 11.9 Å². The highest BCUT2D eigenvalue weighted by Gasteiger charge is 2.18. The zero-order chi connectivity index (χ0) is 59.9. The molecule has 0 aromatic heterocycles. The number of hydrogen-bond donors (Lipinski definition) is 3. The third-order valence-corrected chi connectivity index (χ3v) is 17.0. The third kappa shape index (κ3) is 68.5. The molecule has 0 aliphatic rings. The lowest BCUT2D eigenvalue weighted by Crippen LogP contribution is -2.45. The van der Waals surface area contributed by atoms with Gasteiger partial charge in [-0.2, -0.15) is 0 Å². The van der Waals surface area contributed by atoms with E-state index in [0.29, 0.717) is 19.4 Å². The molecule has 0 spiro atoms. The molecule has 83 heavy (non-hydrogen) atoms. The van der Waals surface area contributed by atoms with Crippen molar-refractivity contribution in [1.29, 1.82) is 0 Å². The first-order valence-corrected chi connectivity index (χ1v) is 37.1. The second-order valence-corrected chi connectivity index (χ2v) is 25.3. The van der Waals surface area contributed by atoms with E-state index >= 15 is 0 Å². The van der Waals surface area contributed by atoms with Gasteiger partial charge >= 0.3 is 5.97 Å². The molecule has 0 fully saturated rings. The summed E-state index contributed by atoms with van der Waals surface area (Å²) < 4.78 is 5.49. The smallest absolute Gasteiger partial charge is 0.305 e. The predicted octanol–water partition coefficient (Wildman–Crippen LogP) is 24.2. The molecule has 0 saturated heterocycles. The number of hydrogen-bond acceptors (Lipinski definition) is 5. The van der Waals surface area contributed by atoms with Gasteiger partial charge in [0.05, 0.1) is 25.4 Å². The van der Waals surface area contributed by atoms with Crippen molar-refractivity contribution < 1.29 is 24.5 Å². The van der Waals surface area contributed by atoms with Crippen LogP contribution in [0.25, 0.3) is 0 Å². The average Bonchev–Trinajstić information content (AvgIpc) is 3.49. The topological polar surface area (TPSA) is 95.9 Å². The minimum atomic E-state index is -0.843. The van der Waals surface area contributed by atoms with Crippen molar-refractivity contribution in [1.82, 2.24) is 5.32 Å². The standard InChI is InChI=1S/C77H143NO5/c1-3-5-7-9-11-13-15-17-19-43-47-51-55-59-63-67-71-77(82)83-72-68-64-60-56-52-48-44-40-38-36-34-32-30-28-26-24-22-20-21-23-25-27-29-31-33-35-37-39-42-46-50-54-58-62-66-70-76(81)78-74(73-79)75(80)69-65-61-57-53-49-45-41-18-16-14-12-10-8-6-4-2/h13,15,19,22,24,28,30,43,65,69,74-75,79-80H,3-12,14,16-18,20-21,23,25-27,29,31-42,44-64,66-68,70-73H2,1-2H3,(H,78,81)/b15-13-,24-22-,30-28-,43-19-,69-65+. The van der Waals surface area contributed by atoms with Crippen molar-refractivity contribution in [2.45, 2.75) is 405 Å². The maximum Gasteiger partial charge on any atom is 0.305 e. The normalized spacial score (nSPS) is 12.9. The number of allylic oxidation sites excluding steroid dienone is 9. The number of esters is 1. The molecule has 1 amide bonds. The first-order valence-electron chi connectivity index (χ1n) is 37.1. The number of unbranched alkanes of at least 4 members (excludes halogenated alkanes) is 50. The Balaban J connectivity index is 3.39. The molecule has 6 nitrogen and oxygen atoms in total. The van der Waals surface area contributed by atoms with Gasteiger partial charge in [0, 0.05) is 12.8 Å². The minimum absolute atomic E-state index is 0.00299. The monoisotopic (exact) mass is 1160 g/mol. The van der Waals surface area contributed by atoms with Crippen LogP contribution in [0.4, 0.5) is 0 Å². The van der Waals surface area contributed by atoms with E-state index in [9.17, 15) is 19.8 Å². The fourth-order valence-corrected chi connectivity index (χ4v) is 11.3. The summed E-state index contributed by atoms with van der Waals surface area (Å²) in [7, 11) is 0. The summed E-state index contributed by atoms with van der Waals surface area (Å²) >= 11 is 0. The van der Waals surface area contributed by atoms with Crippen LogP contribution in [-0.2, 0) is 14.3 Å². The van der Waals surface area contributed by atoms with Crippen LogP contribution < -0.4 is 5.32 Å². The molecule has 0 aliphatic carbocycles. The number of rotatable bonds is 69. The molecule has 0 rings (SSSR count). The molecule has 0 aromatic rings. The van der Waals surface area contributed by atoms with E-state index in [4.69, 9.17) is 4.74 Å². The molecule has 2 unspecified atom stereocenters. The summed E-state index contributed by atoms with van der Waals surface area (Å²) in [6, 6.07) is -0.627. The largest absolute Gasteiger partial charge is 0.466 e. The summed E-state index contributed by atoms with van der Waals surface area (Å²) in [4.78, 5) is 24.6. The number of ether oxygens (including phenoxy) is 1. The first kappa shape index (κ1) is 80.6. The van der Waals surface area contributed by atoms with Gasteiger partial charge in [0.15, 0.2) is 0 Å². The first-order chi connectivity index (χ1) is 41.0. The van der Waals surface area contributed by atoms with Crippen LogP contribution in [0.3, 0.4) is 0 Å². The Bertz CT molecular complexity index is 1430. The van der Waals surface area contributed by atoms with Crippen LogP contribution in [0.2, 0.25) is 0 Å². The lowest BCUT2D eigenvalue weighted by atomic mass is 10.0. The van der Waals surface area contributed by atoms with E-state index in [1.807, 2.05) is 6.08 Å². The zero-order valence-corrected chi connectivity index (χ0v) is 55.7. The van der Waals surface area contributed by atoms with Gasteiger partial charge in [0.1, 0.15) is 0 Å². The predicted molar refractivity (Wildman–Crippen MR) is 365 cm³/mol. The summed E-state index contributed by atoms with van der Waals surface area (Å²) in [6.45, 7) is 4.90. The molecule has 0 aromatic carbocycles. The van der Waals surface area contributed by atoms with Crippen molar-refractivity contribution in [2.24, 2.45) is 0 Å². The van der Waals surface area contributed by atoms with Crippen LogP contribution in [-0.4, -0.2) is 47.4 Å². The second-order valence-electron chi connectivity index (χ2n) is 25.3. The van der Waals surface area contributed by atoms with Crippen molar-refractivity contribution in [3.63, 3.8) is 0 Å². The number of nitrogens with one attached hydrogen (secondary N) is 1. The Morgan fingerprint density at radius 1 is 0.337 bits per heavy atom. The van der Waals surface area contributed by atoms with Crippen LogP contribution in [0.5, 0.6) is 0 Å². The van der Waals surface area contributed by atoms with Gasteiger partial charge in [0.25, 0.3) is 0 Å². The second kappa shape index (κ2) is 72.0. The van der Waals surface area contributed by atoms with Gasteiger partial charge in [0.2, 0.25) is 5.91 Å². The minimum Gasteiger partial charge on any atom is -0.466 e. The average molecular weight is 1160 g/mol. The Kier molecular flexibility index (Phi) is 69.9. The van der Waals surface area contributed by atoms with Gasteiger partial charge in [-0.3, -0.25) is 9.59 Å². The maximum absolute atomic E-state index is 12.5. The van der Waals surface area contributed by atoms with Crippen LogP contribution in [0.15, 0.2) is 60.8 Å². The Morgan fingerprint density at radius 3 is 0.928 bits per heavy atom. The fourth-order valence-electron chi connectivity index (χ4n) is 11.3. The Hall–Kier alpha value is -2.44. The number of aliphatic hydroxyl groups is 2. The molecule has 0 bridgehead atoms. The summed E-state index contributed by atoms with van der Waals surface area (Å²) in [6.07, 6.45) is 96.1. The third-order valence-electron chi connectivity index (χ3n) is 17.0. The molecule has 0 aliphatic heterocycles. The van der Waals surface area contributed by atoms with Gasteiger partial charge in [-0.15, -0.1) is 0 Å². The molecule has 0 saturated carbocycles. The van der Waals surface area contributed by atoms with Crippen LogP contribution >= 0.6 is 0 Å². The van der Waals surface area contributed by atoms with Crippen LogP contribution in [0, 0.1) is 0 Å². The Morgan fingerprint density at radius 2 is 0.602 bits per heavy atom. The lowest BCUT2D eigenvalue weighted by Gasteiger charge is -2.20. The van der Waals surface area contributed by atoms with E-state index in [-0.39, 0.29) is 18.5 Å². The van der Waals surface area contributed by atoms with E-state index in [1.54, 1.807) is 6.08 Å². The number of aliphatic hydroxyl groups excluding tert-OH is 2. The van der Waals surface area contributed by atoms with E-state index in [0.717, 1.165) is 57.8 Å². The molecule has 486 valence electrons. The lowest BCUT2D eigenvalue weighted by molar-refractivity contribution is -0.143. The van der Waals surface area contributed by atoms with Gasteiger partial charge in [-0.05, 0) is 96.3 Å². The SMILES string of the molecule is CCCCCC/C=C\C/C=C\CCCCCCCC(=O)OCCCCCCCCCCCCC/C=C\C/C=C\CCCCCCCCCCCCCCCCCCCC(=O)NC(CO)C(O)/C=C/CCCCCCCCCCCCCCC. The van der Waals surface area contributed by atoms with Gasteiger partial charge in [-0.25, -0.2) is 0 Å². The fraction of sp³-hybridized carbons (Fsp3) is 0.844. The number of carbonyl (C=O) groups is 2. The molecule has 3 N–H and O–H groups in total. The quantitative estimate of drug-likeness (QED) is 0.0320. The highest BCUT2D eigenvalue weighted by atomic mass is 16.5. The van der Waals surface area contributed by atoms with E-state index in [1.165, 1.54) is 308 Å². The molecular weight excluding hydrogens is 1020 g/mol. The van der Waals surface area contributed by atoms with Crippen molar-refractivity contribution in [3.8, 4) is 0 Å².